The third kappa shape index (κ3) is 1.88. The summed E-state index contributed by atoms with van der Waals surface area (Å²) in [5, 5.41) is 4.75. The molecular formula is C12H19N3S. The van der Waals surface area contributed by atoms with Crippen LogP contribution < -0.4 is 0 Å². The van der Waals surface area contributed by atoms with E-state index in [4.69, 9.17) is 10.1 Å². The quantitative estimate of drug-likeness (QED) is 0.752. The van der Waals surface area contributed by atoms with E-state index < -0.39 is 0 Å². The van der Waals surface area contributed by atoms with Gasteiger partial charge in [-0.3, -0.25) is 0 Å². The van der Waals surface area contributed by atoms with Crippen LogP contribution in [0.25, 0.3) is 0 Å². The predicted molar refractivity (Wildman–Crippen MR) is 67.0 cm³/mol. The van der Waals surface area contributed by atoms with Gasteiger partial charge in [-0.1, -0.05) is 0 Å². The molecule has 1 atom stereocenters. The van der Waals surface area contributed by atoms with Crippen LogP contribution in [0.3, 0.4) is 0 Å². The zero-order valence-corrected chi connectivity index (χ0v) is 10.7. The van der Waals surface area contributed by atoms with E-state index in [0.717, 1.165) is 12.2 Å². The lowest BCUT2D eigenvalue weighted by Gasteiger charge is -2.19. The van der Waals surface area contributed by atoms with Crippen molar-refractivity contribution in [3.8, 4) is 0 Å². The van der Waals surface area contributed by atoms with Gasteiger partial charge in [-0.2, -0.15) is 16.9 Å². The van der Waals surface area contributed by atoms with Crippen molar-refractivity contribution in [1.29, 1.82) is 0 Å². The fraction of sp³-hybridized carbons (Fsp3) is 0.833. The van der Waals surface area contributed by atoms with E-state index >= 15 is 0 Å². The minimum Gasteiger partial charge on any atom is -0.247 e. The Hall–Kier alpha value is -0.510. The molecule has 88 valence electrons. The molecule has 0 amide bonds. The fourth-order valence-corrected chi connectivity index (χ4v) is 3.81. The molecule has 3 heterocycles. The summed E-state index contributed by atoms with van der Waals surface area (Å²) in [7, 11) is 0. The maximum absolute atomic E-state index is 4.77. The molecule has 1 saturated heterocycles. The first-order valence-corrected chi connectivity index (χ1v) is 7.53. The Balaban J connectivity index is 1.85. The molecule has 0 spiro atoms. The molecule has 3 rings (SSSR count). The van der Waals surface area contributed by atoms with E-state index in [-0.39, 0.29) is 0 Å². The van der Waals surface area contributed by atoms with Crippen molar-refractivity contribution >= 4 is 11.8 Å². The smallest absolute Gasteiger partial charge is 0.154 e. The van der Waals surface area contributed by atoms with Crippen molar-refractivity contribution in [2.24, 2.45) is 0 Å². The SMILES string of the molecule is CC1CCCc2nc(C3CCSCC3)nn21. The number of nitrogens with zero attached hydrogens (tertiary/aromatic N) is 3. The molecule has 0 aromatic carbocycles. The summed E-state index contributed by atoms with van der Waals surface area (Å²) in [5.74, 6) is 5.55. The molecule has 2 aliphatic rings. The van der Waals surface area contributed by atoms with Crippen molar-refractivity contribution in [2.45, 2.75) is 51.0 Å². The van der Waals surface area contributed by atoms with E-state index in [1.165, 1.54) is 43.0 Å². The number of hydrogen-bond acceptors (Lipinski definition) is 3. The first-order valence-electron chi connectivity index (χ1n) is 6.37. The third-order valence-corrected chi connectivity index (χ3v) is 4.79. The standard InChI is InChI=1S/C12H19N3S/c1-9-3-2-4-11-13-12(14-15(9)11)10-5-7-16-8-6-10/h9-10H,2-8H2,1H3. The second-order valence-corrected chi connectivity index (χ2v) is 6.18. The minimum absolute atomic E-state index is 0.558. The fourth-order valence-electron chi connectivity index (χ4n) is 2.70. The molecule has 1 unspecified atom stereocenters. The van der Waals surface area contributed by atoms with Crippen molar-refractivity contribution in [3.05, 3.63) is 11.6 Å². The first kappa shape index (κ1) is 10.6. The van der Waals surface area contributed by atoms with Crippen LogP contribution in [0.4, 0.5) is 0 Å². The molecule has 4 heteroatoms. The highest BCUT2D eigenvalue weighted by Gasteiger charge is 2.24. The van der Waals surface area contributed by atoms with E-state index in [1.54, 1.807) is 0 Å². The van der Waals surface area contributed by atoms with Gasteiger partial charge in [0.1, 0.15) is 5.82 Å². The van der Waals surface area contributed by atoms with Crippen LogP contribution in [-0.4, -0.2) is 26.3 Å². The van der Waals surface area contributed by atoms with Crippen LogP contribution in [-0.2, 0) is 6.42 Å². The Bertz CT molecular complexity index is 368. The van der Waals surface area contributed by atoms with Crippen LogP contribution in [0, 0.1) is 0 Å². The van der Waals surface area contributed by atoms with Crippen LogP contribution in [0.15, 0.2) is 0 Å². The Morgan fingerprint density at radius 2 is 2.06 bits per heavy atom. The van der Waals surface area contributed by atoms with Crippen LogP contribution >= 0.6 is 11.8 Å². The van der Waals surface area contributed by atoms with Gasteiger partial charge in [0.2, 0.25) is 0 Å². The van der Waals surface area contributed by atoms with Crippen LogP contribution in [0.5, 0.6) is 0 Å². The molecule has 1 aromatic rings. The highest BCUT2D eigenvalue weighted by atomic mass is 32.2. The molecule has 0 bridgehead atoms. The Kier molecular flexibility index (Phi) is 2.92. The maximum atomic E-state index is 4.77. The number of aryl methyl sites for hydroxylation is 1. The van der Waals surface area contributed by atoms with Crippen molar-refractivity contribution in [3.63, 3.8) is 0 Å². The van der Waals surface area contributed by atoms with Gasteiger partial charge in [0.05, 0.1) is 6.04 Å². The number of thioether (sulfide) groups is 1. The lowest BCUT2D eigenvalue weighted by Crippen LogP contribution is -2.16. The summed E-state index contributed by atoms with van der Waals surface area (Å²) in [6, 6.07) is 0.558. The largest absolute Gasteiger partial charge is 0.247 e. The highest BCUT2D eigenvalue weighted by molar-refractivity contribution is 7.99. The van der Waals surface area contributed by atoms with Gasteiger partial charge in [0.15, 0.2) is 5.82 Å². The number of fused-ring (bicyclic) bond motifs is 1. The van der Waals surface area contributed by atoms with Crippen LogP contribution in [0.1, 0.15) is 56.2 Å². The van der Waals surface area contributed by atoms with Crippen molar-refractivity contribution in [2.75, 3.05) is 11.5 Å². The molecule has 16 heavy (non-hydrogen) atoms. The topological polar surface area (TPSA) is 30.7 Å². The van der Waals surface area contributed by atoms with Gasteiger partial charge in [0.25, 0.3) is 0 Å². The van der Waals surface area contributed by atoms with Gasteiger partial charge in [0, 0.05) is 12.3 Å². The average Bonchev–Trinajstić information content (AvgIpc) is 2.76. The number of rotatable bonds is 1. The van der Waals surface area contributed by atoms with Crippen molar-refractivity contribution in [1.82, 2.24) is 14.8 Å². The molecule has 2 aliphatic heterocycles. The third-order valence-electron chi connectivity index (χ3n) is 3.74. The van der Waals surface area contributed by atoms with E-state index in [1.807, 2.05) is 0 Å². The molecule has 1 aromatic heterocycles. The van der Waals surface area contributed by atoms with Gasteiger partial charge in [-0.05, 0) is 44.1 Å². The minimum atomic E-state index is 0.558. The van der Waals surface area contributed by atoms with Gasteiger partial charge < -0.3 is 0 Å². The monoisotopic (exact) mass is 237 g/mol. The predicted octanol–water partition coefficient (Wildman–Crippen LogP) is 2.79. The van der Waals surface area contributed by atoms with Gasteiger partial charge in [-0.25, -0.2) is 9.67 Å². The Labute approximate surface area is 101 Å². The molecule has 3 nitrogen and oxygen atoms in total. The Morgan fingerprint density at radius 3 is 2.81 bits per heavy atom. The number of hydrogen-bond donors (Lipinski definition) is 0. The lowest BCUT2D eigenvalue weighted by atomic mass is 10.0. The van der Waals surface area contributed by atoms with E-state index in [2.05, 4.69) is 23.4 Å². The van der Waals surface area contributed by atoms with Gasteiger partial charge in [-0.15, -0.1) is 0 Å². The highest BCUT2D eigenvalue weighted by Crippen LogP contribution is 2.31. The average molecular weight is 237 g/mol. The van der Waals surface area contributed by atoms with Gasteiger partial charge >= 0.3 is 0 Å². The molecule has 0 saturated carbocycles. The summed E-state index contributed by atoms with van der Waals surface area (Å²) in [5.41, 5.74) is 0. The molecule has 0 N–H and O–H groups in total. The normalized spacial score (nSPS) is 26.7. The van der Waals surface area contributed by atoms with Crippen molar-refractivity contribution < 1.29 is 0 Å². The van der Waals surface area contributed by atoms with E-state index in [0.29, 0.717) is 12.0 Å². The first-order chi connectivity index (χ1) is 7.84. The summed E-state index contributed by atoms with van der Waals surface area (Å²) >= 11 is 2.07. The summed E-state index contributed by atoms with van der Waals surface area (Å²) < 4.78 is 2.18. The second-order valence-electron chi connectivity index (χ2n) is 4.96. The second kappa shape index (κ2) is 4.40. The Morgan fingerprint density at radius 1 is 1.25 bits per heavy atom. The number of aromatic nitrogens is 3. The lowest BCUT2D eigenvalue weighted by molar-refractivity contribution is 0.386. The van der Waals surface area contributed by atoms with E-state index in [9.17, 15) is 0 Å². The zero-order chi connectivity index (χ0) is 11.0. The van der Waals surface area contributed by atoms with Crippen LogP contribution in [0.2, 0.25) is 0 Å². The summed E-state index contributed by atoms with van der Waals surface area (Å²) in [6.07, 6.45) is 6.19. The molecular weight excluding hydrogens is 218 g/mol. The summed E-state index contributed by atoms with van der Waals surface area (Å²) in [4.78, 5) is 4.77. The summed E-state index contributed by atoms with van der Waals surface area (Å²) in [6.45, 7) is 2.26. The molecule has 0 radical (unpaired) electrons. The molecule has 1 fully saturated rings. The zero-order valence-electron chi connectivity index (χ0n) is 9.85. The molecule has 0 aliphatic carbocycles. The maximum Gasteiger partial charge on any atom is 0.154 e.